The van der Waals surface area contributed by atoms with Gasteiger partial charge in [-0.1, -0.05) is 18.2 Å². The Labute approximate surface area is 204 Å². The van der Waals surface area contributed by atoms with E-state index in [1.54, 1.807) is 13.8 Å². The van der Waals surface area contributed by atoms with E-state index in [1.807, 2.05) is 12.4 Å². The number of nitrogens with zero attached hydrogens (tertiary/aromatic N) is 3. The summed E-state index contributed by atoms with van der Waals surface area (Å²) in [6.07, 6.45) is 4.83. The number of benzene rings is 1. The van der Waals surface area contributed by atoms with Crippen molar-refractivity contribution < 1.29 is 8.78 Å². The molecule has 0 unspecified atom stereocenters. The number of hydrogen-bond donors (Lipinski definition) is 2. The maximum atomic E-state index is 15.1. The molecule has 0 amide bonds. The van der Waals surface area contributed by atoms with Crippen molar-refractivity contribution in [2.75, 3.05) is 26.3 Å². The molecule has 35 heavy (non-hydrogen) atoms. The van der Waals surface area contributed by atoms with Gasteiger partial charge in [-0.2, -0.15) is 0 Å². The van der Waals surface area contributed by atoms with Crippen LogP contribution < -0.4 is 0 Å². The highest BCUT2D eigenvalue weighted by Crippen LogP contribution is 2.43. The lowest BCUT2D eigenvalue weighted by Crippen LogP contribution is -2.47. The number of aromatic nitrogens is 3. The molecule has 1 aromatic carbocycles. The minimum Gasteiger partial charge on any atom is -0.357 e. The van der Waals surface area contributed by atoms with Crippen molar-refractivity contribution in [3.05, 3.63) is 65.1 Å². The van der Waals surface area contributed by atoms with Crippen LogP contribution in [0.25, 0.3) is 21.9 Å². The Morgan fingerprint density at radius 1 is 1.17 bits per heavy atom. The van der Waals surface area contributed by atoms with Crippen LogP contribution in [0.15, 0.2) is 42.7 Å². The molecule has 1 saturated heterocycles. The van der Waals surface area contributed by atoms with Gasteiger partial charge in [-0.25, -0.2) is 9.37 Å². The second-order valence-electron chi connectivity index (χ2n) is 11.1. The molecule has 1 fully saturated rings. The van der Waals surface area contributed by atoms with Crippen LogP contribution in [0.3, 0.4) is 0 Å². The Bertz CT molecular complexity index is 1360. The van der Waals surface area contributed by atoms with E-state index in [1.165, 1.54) is 10.9 Å². The molecule has 184 valence electrons. The summed E-state index contributed by atoms with van der Waals surface area (Å²) in [5.41, 5.74) is 5.34. The zero-order chi connectivity index (χ0) is 24.3. The first kappa shape index (κ1) is 22.7. The third-order valence-electron chi connectivity index (χ3n) is 7.65. The number of rotatable bonds is 6. The summed E-state index contributed by atoms with van der Waals surface area (Å²) in [6.45, 7) is 7.97. The first-order chi connectivity index (χ1) is 16.8. The molecule has 2 atom stereocenters. The van der Waals surface area contributed by atoms with Crippen LogP contribution in [0.4, 0.5) is 8.78 Å². The number of alkyl halides is 2. The van der Waals surface area contributed by atoms with Crippen LogP contribution in [0.5, 0.6) is 0 Å². The van der Waals surface area contributed by atoms with Crippen LogP contribution >= 0.6 is 0 Å². The summed E-state index contributed by atoms with van der Waals surface area (Å²) < 4.78 is 27.9. The van der Waals surface area contributed by atoms with Crippen LogP contribution in [0.2, 0.25) is 0 Å². The molecule has 7 heteroatoms. The van der Waals surface area contributed by atoms with Gasteiger partial charge in [0.1, 0.15) is 11.3 Å². The van der Waals surface area contributed by atoms with Gasteiger partial charge < -0.3 is 9.97 Å². The molecule has 0 radical (unpaired) electrons. The summed E-state index contributed by atoms with van der Waals surface area (Å²) in [7, 11) is 0. The van der Waals surface area contributed by atoms with Crippen molar-refractivity contribution in [1.29, 1.82) is 0 Å². The second kappa shape index (κ2) is 8.42. The van der Waals surface area contributed by atoms with Gasteiger partial charge >= 0.3 is 0 Å². The first-order valence-corrected chi connectivity index (χ1v) is 12.6. The lowest BCUT2D eigenvalue weighted by atomic mass is 9.87. The van der Waals surface area contributed by atoms with Crippen LogP contribution in [-0.2, 0) is 13.0 Å². The molecule has 6 rings (SSSR count). The number of nitrogens with one attached hydrogen (secondary N) is 2. The number of hydrogen-bond acceptors (Lipinski definition) is 3. The van der Waals surface area contributed by atoms with E-state index in [4.69, 9.17) is 4.98 Å². The molecule has 0 saturated carbocycles. The molecular weight excluding hydrogens is 444 g/mol. The van der Waals surface area contributed by atoms with E-state index < -0.39 is 5.67 Å². The topological polar surface area (TPSA) is 51.0 Å². The van der Waals surface area contributed by atoms with E-state index in [0.29, 0.717) is 6.54 Å². The van der Waals surface area contributed by atoms with Gasteiger partial charge in [-0.3, -0.25) is 14.2 Å². The molecule has 4 aromatic rings. The van der Waals surface area contributed by atoms with E-state index in [2.05, 4.69) is 57.0 Å². The van der Waals surface area contributed by atoms with Gasteiger partial charge in [-0.05, 0) is 50.5 Å². The maximum absolute atomic E-state index is 15.1. The van der Waals surface area contributed by atoms with Crippen molar-refractivity contribution in [1.82, 2.24) is 24.8 Å². The molecule has 0 aliphatic carbocycles. The van der Waals surface area contributed by atoms with Gasteiger partial charge in [0.15, 0.2) is 0 Å². The number of aromatic amines is 2. The summed E-state index contributed by atoms with van der Waals surface area (Å²) in [5.74, 6) is 0.163. The number of halogens is 2. The molecule has 2 aliphatic rings. The van der Waals surface area contributed by atoms with Crippen molar-refractivity contribution in [2.24, 2.45) is 5.92 Å². The van der Waals surface area contributed by atoms with Gasteiger partial charge in [0.2, 0.25) is 0 Å². The fourth-order valence-corrected chi connectivity index (χ4v) is 6.06. The number of likely N-dealkylation sites (tertiary alicyclic amines) is 1. The van der Waals surface area contributed by atoms with Crippen LogP contribution in [0, 0.1) is 5.92 Å². The third-order valence-corrected chi connectivity index (χ3v) is 7.65. The molecule has 5 heterocycles. The average molecular weight is 478 g/mol. The zero-order valence-electron chi connectivity index (χ0n) is 20.6. The lowest BCUT2D eigenvalue weighted by Gasteiger charge is -2.42. The van der Waals surface area contributed by atoms with E-state index >= 15 is 4.39 Å². The SMILES string of the molecule is C[C@@H]1Cc2c([nH]c3ccccc23)[C@@H](c2c[nH]c3ncc(CN4CC(CF)C4)cc23)N1CC(C)(C)F. The lowest BCUT2D eigenvalue weighted by molar-refractivity contribution is 0.0672. The number of pyridine rings is 1. The largest absolute Gasteiger partial charge is 0.357 e. The van der Waals surface area contributed by atoms with E-state index in [9.17, 15) is 4.39 Å². The monoisotopic (exact) mass is 477 g/mol. The van der Waals surface area contributed by atoms with Crippen LogP contribution in [-0.4, -0.2) is 62.8 Å². The zero-order valence-corrected chi connectivity index (χ0v) is 20.6. The molecule has 0 spiro atoms. The van der Waals surface area contributed by atoms with Crippen molar-refractivity contribution in [3.63, 3.8) is 0 Å². The van der Waals surface area contributed by atoms with E-state index in [-0.39, 0.29) is 24.7 Å². The van der Waals surface area contributed by atoms with E-state index in [0.717, 1.165) is 59.4 Å². The normalized spacial score (nSPS) is 22.1. The Balaban J connectivity index is 1.45. The van der Waals surface area contributed by atoms with Gasteiger partial charge in [0, 0.05) is 78.1 Å². The van der Waals surface area contributed by atoms with Gasteiger partial charge in [0.05, 0.1) is 12.7 Å². The predicted octanol–water partition coefficient (Wildman–Crippen LogP) is 5.53. The summed E-state index contributed by atoms with van der Waals surface area (Å²) in [5, 5.41) is 2.31. The molecule has 2 aliphatic heterocycles. The Morgan fingerprint density at radius 2 is 1.97 bits per heavy atom. The average Bonchev–Trinajstić information content (AvgIpc) is 3.37. The molecule has 2 N–H and O–H groups in total. The fourth-order valence-electron chi connectivity index (χ4n) is 6.06. The van der Waals surface area contributed by atoms with Gasteiger partial charge in [0.25, 0.3) is 0 Å². The minimum absolute atomic E-state index is 0.109. The third kappa shape index (κ3) is 4.04. The summed E-state index contributed by atoms with van der Waals surface area (Å²) in [4.78, 5) is 16.3. The highest BCUT2D eigenvalue weighted by Gasteiger charge is 2.39. The Hall–Kier alpha value is -2.77. The second-order valence-corrected chi connectivity index (χ2v) is 11.1. The number of para-hydroxylation sites is 1. The fraction of sp³-hybridized carbons (Fsp3) is 0.464. The molecule has 5 nitrogen and oxygen atoms in total. The molecular formula is C28H33F2N5. The summed E-state index contributed by atoms with van der Waals surface area (Å²) >= 11 is 0. The standard InChI is InChI=1S/C28H33F2N5/c1-17-8-21-20-6-4-5-7-24(20)33-25(21)26(35(17)16-28(2,3)30)23-12-32-27-22(23)9-18(11-31-27)13-34-14-19(10-29)15-34/h4-7,9,11-12,17,19,26,33H,8,10,13-16H2,1-3H3,(H,31,32)/t17-,26-/m1/s1. The quantitative estimate of drug-likeness (QED) is 0.384. The highest BCUT2D eigenvalue weighted by molar-refractivity contribution is 5.87. The smallest absolute Gasteiger partial charge is 0.137 e. The number of fused-ring (bicyclic) bond motifs is 4. The molecule has 3 aromatic heterocycles. The van der Waals surface area contributed by atoms with Crippen molar-refractivity contribution in [3.8, 4) is 0 Å². The van der Waals surface area contributed by atoms with Crippen molar-refractivity contribution >= 4 is 21.9 Å². The maximum Gasteiger partial charge on any atom is 0.137 e. The highest BCUT2D eigenvalue weighted by atomic mass is 19.1. The Kier molecular flexibility index (Phi) is 5.45. The van der Waals surface area contributed by atoms with Crippen LogP contribution in [0.1, 0.15) is 49.2 Å². The molecule has 0 bridgehead atoms. The Morgan fingerprint density at radius 3 is 2.74 bits per heavy atom. The van der Waals surface area contributed by atoms with Crippen molar-refractivity contribution in [2.45, 2.75) is 51.5 Å². The predicted molar refractivity (Wildman–Crippen MR) is 136 cm³/mol. The number of H-pyrrole nitrogens is 2. The first-order valence-electron chi connectivity index (χ1n) is 12.6. The van der Waals surface area contributed by atoms with Gasteiger partial charge in [-0.15, -0.1) is 0 Å². The minimum atomic E-state index is -1.32. The summed E-state index contributed by atoms with van der Waals surface area (Å²) in [6, 6.07) is 10.7.